The van der Waals surface area contributed by atoms with E-state index < -0.39 is 10.8 Å². The van der Waals surface area contributed by atoms with Gasteiger partial charge in [-0.2, -0.15) is 0 Å². The lowest BCUT2D eigenvalue weighted by atomic mass is 10.1. The van der Waals surface area contributed by atoms with E-state index in [4.69, 9.17) is 9.15 Å². The lowest BCUT2D eigenvalue weighted by Crippen LogP contribution is -2.12. The third-order valence-electron chi connectivity index (χ3n) is 4.05. The van der Waals surface area contributed by atoms with Crippen LogP contribution in [0.4, 0.5) is 0 Å². The summed E-state index contributed by atoms with van der Waals surface area (Å²) in [6.45, 7) is 3.59. The van der Waals surface area contributed by atoms with E-state index in [9.17, 15) is 9.00 Å². The highest BCUT2D eigenvalue weighted by molar-refractivity contribution is 7.84. The number of aromatic nitrogens is 1. The number of ether oxygens (including phenoxy) is 1. The van der Waals surface area contributed by atoms with Gasteiger partial charge < -0.3 is 9.15 Å². The summed E-state index contributed by atoms with van der Waals surface area (Å²) >= 11 is 0. The SMILES string of the molecule is CC(=O)c1ccccc1OCCS(=O)Cc1nc(-c2ccccc2)oc1C. The molecule has 140 valence electrons. The Morgan fingerprint density at radius 1 is 1.11 bits per heavy atom. The van der Waals surface area contributed by atoms with E-state index in [1.165, 1.54) is 6.92 Å². The van der Waals surface area contributed by atoms with Crippen molar-refractivity contribution in [1.29, 1.82) is 0 Å². The Kier molecular flexibility index (Phi) is 6.19. The lowest BCUT2D eigenvalue weighted by molar-refractivity contribution is 0.101. The largest absolute Gasteiger partial charge is 0.492 e. The predicted octanol–water partition coefficient (Wildman–Crippen LogP) is 4.18. The summed E-state index contributed by atoms with van der Waals surface area (Å²) in [6.07, 6.45) is 0. The average molecular weight is 383 g/mol. The number of Topliss-reactive ketones (excluding diaryl/α,β-unsaturated/α-hetero) is 1. The molecule has 1 unspecified atom stereocenters. The van der Waals surface area contributed by atoms with Crippen LogP contribution in [0.5, 0.6) is 5.75 Å². The van der Waals surface area contributed by atoms with Crippen molar-refractivity contribution in [2.75, 3.05) is 12.4 Å². The van der Waals surface area contributed by atoms with Crippen molar-refractivity contribution in [3.05, 3.63) is 71.6 Å². The van der Waals surface area contributed by atoms with E-state index in [0.29, 0.717) is 40.2 Å². The first-order valence-corrected chi connectivity index (χ1v) is 10.1. The number of ketones is 1. The van der Waals surface area contributed by atoms with Gasteiger partial charge in [0.05, 0.1) is 29.4 Å². The van der Waals surface area contributed by atoms with E-state index in [0.717, 1.165) is 5.56 Å². The fraction of sp³-hybridized carbons (Fsp3) is 0.238. The smallest absolute Gasteiger partial charge is 0.226 e. The third kappa shape index (κ3) is 4.92. The maximum atomic E-state index is 12.4. The van der Waals surface area contributed by atoms with Crippen LogP contribution in [0, 0.1) is 6.92 Å². The van der Waals surface area contributed by atoms with Crippen molar-refractivity contribution in [2.45, 2.75) is 19.6 Å². The summed E-state index contributed by atoms with van der Waals surface area (Å²) < 4.78 is 23.8. The number of rotatable bonds is 8. The third-order valence-corrected chi connectivity index (χ3v) is 5.26. The Hall–Kier alpha value is -2.73. The van der Waals surface area contributed by atoms with Crippen molar-refractivity contribution in [1.82, 2.24) is 4.98 Å². The fourth-order valence-electron chi connectivity index (χ4n) is 2.62. The molecule has 3 aromatic rings. The van der Waals surface area contributed by atoms with Gasteiger partial charge in [-0.1, -0.05) is 30.3 Å². The Labute approximate surface area is 160 Å². The Balaban J connectivity index is 1.58. The summed E-state index contributed by atoms with van der Waals surface area (Å²) in [5.41, 5.74) is 2.11. The normalized spacial score (nSPS) is 11.9. The van der Waals surface area contributed by atoms with E-state index in [1.807, 2.05) is 43.3 Å². The number of carbonyl (C=O) groups is 1. The van der Waals surface area contributed by atoms with Crippen molar-refractivity contribution in [3.8, 4) is 17.2 Å². The minimum Gasteiger partial charge on any atom is -0.492 e. The summed E-state index contributed by atoms with van der Waals surface area (Å²) in [4.78, 5) is 16.1. The van der Waals surface area contributed by atoms with Crippen LogP contribution in [-0.2, 0) is 16.6 Å². The van der Waals surface area contributed by atoms with E-state index in [2.05, 4.69) is 4.98 Å². The molecule has 0 radical (unpaired) electrons. The van der Waals surface area contributed by atoms with Crippen molar-refractivity contribution in [2.24, 2.45) is 0 Å². The molecule has 0 spiro atoms. The van der Waals surface area contributed by atoms with Gasteiger partial charge in [0.1, 0.15) is 11.5 Å². The molecular formula is C21H21NO4S. The molecule has 0 N–H and O–H groups in total. The molecule has 27 heavy (non-hydrogen) atoms. The van der Waals surface area contributed by atoms with Crippen LogP contribution < -0.4 is 4.74 Å². The van der Waals surface area contributed by atoms with Gasteiger partial charge in [-0.3, -0.25) is 9.00 Å². The first-order valence-electron chi connectivity index (χ1n) is 8.64. The number of hydrogen-bond donors (Lipinski definition) is 0. The first kappa shape index (κ1) is 19.0. The van der Waals surface area contributed by atoms with Crippen LogP contribution in [-0.4, -0.2) is 27.3 Å². The molecule has 6 heteroatoms. The van der Waals surface area contributed by atoms with Crippen molar-refractivity contribution < 1.29 is 18.2 Å². The lowest BCUT2D eigenvalue weighted by Gasteiger charge is -2.09. The second-order valence-electron chi connectivity index (χ2n) is 6.08. The molecule has 0 aliphatic rings. The molecule has 0 bridgehead atoms. The van der Waals surface area contributed by atoms with Crippen LogP contribution in [0.3, 0.4) is 0 Å². The Morgan fingerprint density at radius 3 is 2.56 bits per heavy atom. The minimum atomic E-state index is -1.15. The van der Waals surface area contributed by atoms with Gasteiger partial charge >= 0.3 is 0 Å². The predicted molar refractivity (Wildman–Crippen MR) is 105 cm³/mol. The van der Waals surface area contributed by atoms with Crippen LogP contribution in [0.15, 0.2) is 59.0 Å². The number of benzene rings is 2. The summed E-state index contributed by atoms with van der Waals surface area (Å²) in [6, 6.07) is 16.7. The zero-order valence-corrected chi connectivity index (χ0v) is 16.1. The molecule has 1 atom stereocenters. The molecule has 5 nitrogen and oxygen atoms in total. The van der Waals surface area contributed by atoms with Crippen LogP contribution in [0.25, 0.3) is 11.5 Å². The number of hydrogen-bond acceptors (Lipinski definition) is 5. The van der Waals surface area contributed by atoms with Gasteiger partial charge in [0, 0.05) is 16.4 Å². The number of para-hydroxylation sites is 1. The number of carbonyl (C=O) groups excluding carboxylic acids is 1. The number of aryl methyl sites for hydroxylation is 1. The van der Waals surface area contributed by atoms with Gasteiger partial charge in [0.2, 0.25) is 5.89 Å². The van der Waals surface area contributed by atoms with Gasteiger partial charge in [0.25, 0.3) is 0 Å². The molecule has 0 aliphatic heterocycles. The molecule has 1 aromatic heterocycles. The Morgan fingerprint density at radius 2 is 1.81 bits per heavy atom. The van der Waals surface area contributed by atoms with E-state index in [1.54, 1.807) is 18.2 Å². The van der Waals surface area contributed by atoms with Gasteiger partial charge in [0.15, 0.2) is 5.78 Å². The molecule has 2 aromatic carbocycles. The van der Waals surface area contributed by atoms with Crippen LogP contribution in [0.1, 0.15) is 28.7 Å². The standard InChI is InChI=1S/C21H21NO4S/c1-15(23)18-10-6-7-11-20(18)25-12-13-27(24)14-19-16(2)26-21(22-19)17-8-4-3-5-9-17/h3-11H,12-14H2,1-2H3. The highest BCUT2D eigenvalue weighted by Gasteiger charge is 2.14. The second-order valence-corrected chi connectivity index (χ2v) is 7.65. The van der Waals surface area contributed by atoms with Crippen LogP contribution in [0.2, 0.25) is 0 Å². The zero-order valence-electron chi connectivity index (χ0n) is 15.3. The van der Waals surface area contributed by atoms with Crippen molar-refractivity contribution >= 4 is 16.6 Å². The molecule has 3 rings (SSSR count). The highest BCUT2D eigenvalue weighted by atomic mass is 32.2. The van der Waals surface area contributed by atoms with E-state index >= 15 is 0 Å². The molecule has 0 aliphatic carbocycles. The van der Waals surface area contributed by atoms with Gasteiger partial charge in [-0.25, -0.2) is 4.98 Å². The molecule has 0 fully saturated rings. The molecule has 1 heterocycles. The maximum Gasteiger partial charge on any atom is 0.226 e. The number of oxazole rings is 1. The maximum absolute atomic E-state index is 12.4. The second kappa shape index (κ2) is 8.77. The molecule has 0 saturated heterocycles. The summed E-state index contributed by atoms with van der Waals surface area (Å²) in [7, 11) is -1.15. The highest BCUT2D eigenvalue weighted by Crippen LogP contribution is 2.22. The molecule has 0 amide bonds. The van der Waals surface area contributed by atoms with Crippen molar-refractivity contribution in [3.63, 3.8) is 0 Å². The number of nitrogens with zero attached hydrogens (tertiary/aromatic N) is 1. The van der Waals surface area contributed by atoms with Gasteiger partial charge in [-0.15, -0.1) is 0 Å². The molecule has 0 saturated carbocycles. The monoisotopic (exact) mass is 383 g/mol. The van der Waals surface area contributed by atoms with E-state index in [-0.39, 0.29) is 12.4 Å². The van der Waals surface area contributed by atoms with Gasteiger partial charge in [-0.05, 0) is 38.1 Å². The Bertz CT molecular complexity index is 950. The van der Waals surface area contributed by atoms with Crippen LogP contribution >= 0.6 is 0 Å². The quantitative estimate of drug-likeness (QED) is 0.546. The summed E-state index contributed by atoms with van der Waals surface area (Å²) in [5.74, 6) is 2.32. The fourth-order valence-corrected chi connectivity index (χ4v) is 3.61. The first-order chi connectivity index (χ1) is 13.0. The average Bonchev–Trinajstić information content (AvgIpc) is 3.03. The summed E-state index contributed by atoms with van der Waals surface area (Å²) in [5, 5.41) is 0. The minimum absolute atomic E-state index is 0.0571. The topological polar surface area (TPSA) is 69.4 Å². The zero-order chi connectivity index (χ0) is 19.2. The molecular weight excluding hydrogens is 362 g/mol.